The van der Waals surface area contributed by atoms with E-state index in [4.69, 9.17) is 0 Å². The minimum absolute atomic E-state index is 0.780. The molecular weight excluding hydrogens is 292 g/mol. The SMILES string of the molecule is Cn1ncnc1CN1C=Cc2cc(Br)ccc2C1. The van der Waals surface area contributed by atoms with Gasteiger partial charge < -0.3 is 4.90 Å². The van der Waals surface area contributed by atoms with Gasteiger partial charge in [0.05, 0.1) is 6.54 Å². The van der Waals surface area contributed by atoms with Crippen LogP contribution in [-0.2, 0) is 20.1 Å². The molecule has 0 spiro atoms. The highest BCUT2D eigenvalue weighted by Gasteiger charge is 2.12. The van der Waals surface area contributed by atoms with E-state index in [2.05, 4.69) is 61.4 Å². The Kier molecular flexibility index (Phi) is 2.91. The molecule has 4 nitrogen and oxygen atoms in total. The maximum absolute atomic E-state index is 4.25. The standard InChI is InChI=1S/C13H13BrN4/c1-17-13(15-9-16-17)8-18-5-4-10-6-12(14)3-2-11(10)7-18/h2-6,9H,7-8H2,1H3. The summed E-state index contributed by atoms with van der Waals surface area (Å²) in [6.07, 6.45) is 5.84. The highest BCUT2D eigenvalue weighted by Crippen LogP contribution is 2.24. The highest BCUT2D eigenvalue weighted by atomic mass is 79.9. The fraction of sp³-hybridized carbons (Fsp3) is 0.231. The van der Waals surface area contributed by atoms with Crippen molar-refractivity contribution < 1.29 is 0 Å². The Hall–Kier alpha value is -1.62. The summed E-state index contributed by atoms with van der Waals surface area (Å²) in [5, 5.41) is 4.09. The van der Waals surface area contributed by atoms with Crippen molar-refractivity contribution in [2.45, 2.75) is 13.1 Å². The number of rotatable bonds is 2. The summed E-state index contributed by atoms with van der Waals surface area (Å²) in [6, 6.07) is 6.39. The zero-order valence-electron chi connectivity index (χ0n) is 10.0. The summed E-state index contributed by atoms with van der Waals surface area (Å²) < 4.78 is 2.93. The molecule has 18 heavy (non-hydrogen) atoms. The second kappa shape index (κ2) is 4.57. The quantitative estimate of drug-likeness (QED) is 0.855. The van der Waals surface area contributed by atoms with Crippen molar-refractivity contribution >= 4 is 22.0 Å². The number of hydrogen-bond acceptors (Lipinski definition) is 3. The molecule has 0 saturated carbocycles. The van der Waals surface area contributed by atoms with E-state index in [0.29, 0.717) is 0 Å². The molecule has 0 aliphatic carbocycles. The van der Waals surface area contributed by atoms with Gasteiger partial charge in [0, 0.05) is 24.3 Å². The zero-order valence-corrected chi connectivity index (χ0v) is 11.6. The van der Waals surface area contributed by atoms with Crippen LogP contribution in [0.1, 0.15) is 17.0 Å². The minimum atomic E-state index is 0.780. The van der Waals surface area contributed by atoms with Gasteiger partial charge in [0.1, 0.15) is 12.2 Å². The topological polar surface area (TPSA) is 34.0 Å². The molecule has 0 bridgehead atoms. The number of aromatic nitrogens is 3. The van der Waals surface area contributed by atoms with Crippen LogP contribution in [0.4, 0.5) is 0 Å². The molecule has 3 rings (SSSR count). The third-order valence-corrected chi connectivity index (χ3v) is 3.59. The van der Waals surface area contributed by atoms with Crippen LogP contribution in [0.25, 0.3) is 6.08 Å². The van der Waals surface area contributed by atoms with E-state index in [9.17, 15) is 0 Å². The van der Waals surface area contributed by atoms with Gasteiger partial charge in [0.15, 0.2) is 0 Å². The number of fused-ring (bicyclic) bond motifs is 1. The fourth-order valence-corrected chi connectivity index (χ4v) is 2.45. The van der Waals surface area contributed by atoms with E-state index in [0.717, 1.165) is 23.4 Å². The fourth-order valence-electron chi connectivity index (χ4n) is 2.08. The molecule has 1 aromatic heterocycles. The van der Waals surface area contributed by atoms with Gasteiger partial charge in [0.25, 0.3) is 0 Å². The number of nitrogens with zero attached hydrogens (tertiary/aromatic N) is 4. The van der Waals surface area contributed by atoms with Gasteiger partial charge in [-0.15, -0.1) is 0 Å². The second-order valence-electron chi connectivity index (χ2n) is 4.36. The second-order valence-corrected chi connectivity index (χ2v) is 5.28. The van der Waals surface area contributed by atoms with Crippen LogP contribution in [0.2, 0.25) is 0 Å². The molecule has 0 amide bonds. The molecule has 92 valence electrons. The Morgan fingerprint density at radius 1 is 1.39 bits per heavy atom. The van der Waals surface area contributed by atoms with Crippen molar-refractivity contribution in [3.8, 4) is 0 Å². The van der Waals surface area contributed by atoms with Crippen LogP contribution < -0.4 is 0 Å². The monoisotopic (exact) mass is 304 g/mol. The first-order valence-corrected chi connectivity index (χ1v) is 6.55. The lowest BCUT2D eigenvalue weighted by atomic mass is 10.0. The number of hydrogen-bond donors (Lipinski definition) is 0. The Labute approximate surface area is 114 Å². The van der Waals surface area contributed by atoms with Crippen molar-refractivity contribution in [1.82, 2.24) is 19.7 Å². The molecule has 5 heteroatoms. The molecule has 1 aliphatic rings. The number of benzene rings is 1. The van der Waals surface area contributed by atoms with Crippen LogP contribution in [0.3, 0.4) is 0 Å². The van der Waals surface area contributed by atoms with Gasteiger partial charge in [-0.25, -0.2) is 4.98 Å². The van der Waals surface area contributed by atoms with E-state index in [1.165, 1.54) is 11.1 Å². The maximum atomic E-state index is 4.25. The van der Waals surface area contributed by atoms with Crippen molar-refractivity contribution in [2.75, 3.05) is 0 Å². The maximum Gasteiger partial charge on any atom is 0.146 e. The molecule has 0 unspecified atom stereocenters. The minimum Gasteiger partial charge on any atom is -0.366 e. The molecule has 0 fully saturated rings. The van der Waals surface area contributed by atoms with E-state index >= 15 is 0 Å². The van der Waals surface area contributed by atoms with Crippen LogP contribution >= 0.6 is 15.9 Å². The Morgan fingerprint density at radius 3 is 3.06 bits per heavy atom. The molecule has 0 N–H and O–H groups in total. The molecule has 2 aromatic rings. The van der Waals surface area contributed by atoms with Crippen LogP contribution in [-0.4, -0.2) is 19.7 Å². The van der Waals surface area contributed by atoms with Gasteiger partial charge in [-0.1, -0.05) is 22.0 Å². The average Bonchev–Trinajstić information content (AvgIpc) is 2.75. The van der Waals surface area contributed by atoms with Crippen molar-refractivity contribution in [3.63, 3.8) is 0 Å². The summed E-state index contributed by atoms with van der Waals surface area (Å²) >= 11 is 3.49. The van der Waals surface area contributed by atoms with Gasteiger partial charge in [-0.05, 0) is 29.3 Å². The first kappa shape index (κ1) is 11.5. The third-order valence-electron chi connectivity index (χ3n) is 3.10. The van der Waals surface area contributed by atoms with Crippen molar-refractivity contribution in [1.29, 1.82) is 0 Å². The van der Waals surface area contributed by atoms with Crippen molar-refractivity contribution in [2.24, 2.45) is 7.05 Å². The molecule has 1 aromatic carbocycles. The van der Waals surface area contributed by atoms with Crippen LogP contribution in [0.15, 0.2) is 35.2 Å². The molecule has 0 radical (unpaired) electrons. The average molecular weight is 305 g/mol. The molecule has 0 saturated heterocycles. The smallest absolute Gasteiger partial charge is 0.146 e. The Bertz CT molecular complexity index is 603. The van der Waals surface area contributed by atoms with E-state index in [1.54, 1.807) is 6.33 Å². The molecule has 2 heterocycles. The van der Waals surface area contributed by atoms with Crippen molar-refractivity contribution in [3.05, 3.63) is 52.2 Å². The predicted octanol–water partition coefficient (Wildman–Crippen LogP) is 2.56. The van der Waals surface area contributed by atoms with Crippen LogP contribution in [0.5, 0.6) is 0 Å². The Balaban J connectivity index is 1.80. The summed E-state index contributed by atoms with van der Waals surface area (Å²) in [4.78, 5) is 6.49. The lowest BCUT2D eigenvalue weighted by Crippen LogP contribution is -2.21. The Morgan fingerprint density at radius 2 is 2.28 bits per heavy atom. The summed E-state index contributed by atoms with van der Waals surface area (Å²) in [5.74, 6) is 0.972. The molecule has 1 aliphatic heterocycles. The lowest BCUT2D eigenvalue weighted by Gasteiger charge is -2.24. The first-order chi connectivity index (χ1) is 8.72. The van der Waals surface area contributed by atoms with Gasteiger partial charge in [-0.2, -0.15) is 5.10 Å². The lowest BCUT2D eigenvalue weighted by molar-refractivity contribution is 0.343. The van der Waals surface area contributed by atoms with Gasteiger partial charge >= 0.3 is 0 Å². The number of halogens is 1. The van der Waals surface area contributed by atoms with Gasteiger partial charge in [0.2, 0.25) is 0 Å². The van der Waals surface area contributed by atoms with E-state index in [1.807, 2.05) is 11.7 Å². The molecule has 0 atom stereocenters. The summed E-state index contributed by atoms with van der Waals surface area (Å²) in [6.45, 7) is 1.69. The predicted molar refractivity (Wildman–Crippen MR) is 73.4 cm³/mol. The zero-order chi connectivity index (χ0) is 12.5. The van der Waals surface area contributed by atoms with E-state index < -0.39 is 0 Å². The van der Waals surface area contributed by atoms with E-state index in [-0.39, 0.29) is 0 Å². The number of aryl methyl sites for hydroxylation is 1. The van der Waals surface area contributed by atoms with Crippen LogP contribution in [0, 0.1) is 0 Å². The van der Waals surface area contributed by atoms with Gasteiger partial charge in [-0.3, -0.25) is 4.68 Å². The largest absolute Gasteiger partial charge is 0.366 e. The third kappa shape index (κ3) is 2.18. The first-order valence-electron chi connectivity index (χ1n) is 5.76. The summed E-state index contributed by atoms with van der Waals surface area (Å²) in [7, 11) is 1.92. The highest BCUT2D eigenvalue weighted by molar-refractivity contribution is 9.10. The molecular formula is C13H13BrN4. The normalized spacial score (nSPS) is 13.8. The summed E-state index contributed by atoms with van der Waals surface area (Å²) in [5.41, 5.74) is 2.61.